The summed E-state index contributed by atoms with van der Waals surface area (Å²) in [5.41, 5.74) is 3.14. The maximum Gasteiger partial charge on any atom is 0.261 e. The van der Waals surface area contributed by atoms with Crippen LogP contribution in [0.25, 0.3) is 11.3 Å². The van der Waals surface area contributed by atoms with Gasteiger partial charge in [0.2, 0.25) is 0 Å². The van der Waals surface area contributed by atoms with Crippen molar-refractivity contribution in [1.29, 1.82) is 5.41 Å². The molecule has 0 atom stereocenters. The van der Waals surface area contributed by atoms with Gasteiger partial charge in [0.05, 0.1) is 5.69 Å². The van der Waals surface area contributed by atoms with Crippen molar-refractivity contribution >= 4 is 17.2 Å². The molecule has 28 heavy (non-hydrogen) atoms. The molecule has 0 saturated heterocycles. The predicted octanol–water partition coefficient (Wildman–Crippen LogP) is 4.21. The number of hydrogen-bond donors (Lipinski definition) is 4. The molecule has 1 fully saturated rings. The minimum atomic E-state index is -0.280. The van der Waals surface area contributed by atoms with Crippen molar-refractivity contribution in [3.05, 3.63) is 64.8 Å². The number of pyridine rings is 1. The highest BCUT2D eigenvalue weighted by Crippen LogP contribution is 2.24. The lowest BCUT2D eigenvalue weighted by Gasteiger charge is -2.25. The molecule has 0 bridgehead atoms. The summed E-state index contributed by atoms with van der Waals surface area (Å²) >= 11 is 0. The number of rotatable bonds is 5. The maximum atomic E-state index is 12.4. The molecule has 1 aromatic carbocycles. The predicted molar refractivity (Wildman–Crippen MR) is 110 cm³/mol. The van der Waals surface area contributed by atoms with Crippen molar-refractivity contribution in [2.24, 2.45) is 0 Å². The number of H-pyrrole nitrogens is 1. The molecule has 0 amide bonds. The molecule has 0 aliphatic heterocycles. The largest absolute Gasteiger partial charge is 0.382 e. The molecule has 1 saturated carbocycles. The molecule has 0 unspecified atom stereocenters. The quantitative estimate of drug-likeness (QED) is 0.393. The lowest BCUT2D eigenvalue weighted by molar-refractivity contribution is 0.422. The number of amidine groups is 1. The van der Waals surface area contributed by atoms with Gasteiger partial charge in [-0.1, -0.05) is 36.6 Å². The Kier molecular flexibility index (Phi) is 5.23. The number of anilines is 2. The van der Waals surface area contributed by atoms with Gasteiger partial charge in [0.1, 0.15) is 23.4 Å². The molecule has 0 spiro atoms. The summed E-state index contributed by atoms with van der Waals surface area (Å²) in [6.07, 6.45) is 9.00. The van der Waals surface area contributed by atoms with Crippen LogP contribution in [0.1, 0.15) is 37.7 Å². The summed E-state index contributed by atoms with van der Waals surface area (Å²) in [6.45, 7) is 0. The molecule has 2 heterocycles. The van der Waals surface area contributed by atoms with Crippen LogP contribution in [-0.2, 0) is 0 Å². The molecule has 4 rings (SSSR count). The van der Waals surface area contributed by atoms with E-state index in [4.69, 9.17) is 9.93 Å². The van der Waals surface area contributed by atoms with Gasteiger partial charge in [-0.3, -0.25) is 10.2 Å². The van der Waals surface area contributed by atoms with Crippen LogP contribution in [-0.4, -0.2) is 22.0 Å². The van der Waals surface area contributed by atoms with E-state index >= 15 is 0 Å². The van der Waals surface area contributed by atoms with Crippen molar-refractivity contribution in [3.63, 3.8) is 0 Å². The summed E-state index contributed by atoms with van der Waals surface area (Å²) in [6, 6.07) is 11.5. The number of nitrogens with one attached hydrogen (secondary N) is 4. The molecule has 144 valence electrons. The third-order valence-electron chi connectivity index (χ3n) is 5.06. The van der Waals surface area contributed by atoms with E-state index in [1.165, 1.54) is 25.5 Å². The molecule has 3 aromatic rings. The Balaban J connectivity index is 1.52. The summed E-state index contributed by atoms with van der Waals surface area (Å²) in [4.78, 5) is 15.1. The molecule has 7 heteroatoms. The van der Waals surface area contributed by atoms with Crippen LogP contribution in [0.4, 0.5) is 11.4 Å². The Morgan fingerprint density at radius 1 is 1.11 bits per heavy atom. The van der Waals surface area contributed by atoms with E-state index in [1.54, 1.807) is 12.3 Å². The Morgan fingerprint density at radius 3 is 2.61 bits per heavy atom. The SMILES string of the molecule is N=C(Nc1ccc(-c2ccon2)cc1)c1c(NC2CCCCC2)cc[nH]c1=O. The van der Waals surface area contributed by atoms with Gasteiger partial charge in [-0.15, -0.1) is 0 Å². The molecule has 2 aromatic heterocycles. The number of nitrogens with zero attached hydrogens (tertiary/aromatic N) is 1. The van der Waals surface area contributed by atoms with Crippen molar-refractivity contribution < 1.29 is 4.52 Å². The van der Waals surface area contributed by atoms with Crippen molar-refractivity contribution in [2.45, 2.75) is 38.1 Å². The average molecular weight is 377 g/mol. The van der Waals surface area contributed by atoms with E-state index in [-0.39, 0.29) is 11.4 Å². The average Bonchev–Trinajstić information content (AvgIpc) is 3.24. The van der Waals surface area contributed by atoms with Gasteiger partial charge in [0.25, 0.3) is 5.56 Å². The molecule has 4 N–H and O–H groups in total. The minimum absolute atomic E-state index is 0.0642. The summed E-state index contributed by atoms with van der Waals surface area (Å²) in [5, 5.41) is 18.9. The van der Waals surface area contributed by atoms with Gasteiger partial charge < -0.3 is 20.1 Å². The van der Waals surface area contributed by atoms with Crippen LogP contribution in [0.2, 0.25) is 0 Å². The summed E-state index contributed by atoms with van der Waals surface area (Å²) in [5.74, 6) is 0.0642. The van der Waals surface area contributed by atoms with Crippen molar-refractivity contribution in [2.75, 3.05) is 10.6 Å². The van der Waals surface area contributed by atoms with E-state index in [9.17, 15) is 4.79 Å². The van der Waals surface area contributed by atoms with Gasteiger partial charge >= 0.3 is 0 Å². The fourth-order valence-electron chi connectivity index (χ4n) is 3.61. The van der Waals surface area contributed by atoms with Crippen LogP contribution < -0.4 is 16.2 Å². The second kappa shape index (κ2) is 8.12. The van der Waals surface area contributed by atoms with E-state index in [0.717, 1.165) is 29.8 Å². The number of aromatic nitrogens is 2. The fourth-order valence-corrected chi connectivity index (χ4v) is 3.61. The first-order chi connectivity index (χ1) is 13.7. The fraction of sp³-hybridized carbons (Fsp3) is 0.286. The van der Waals surface area contributed by atoms with E-state index in [1.807, 2.05) is 30.3 Å². The zero-order chi connectivity index (χ0) is 19.3. The molecule has 1 aliphatic rings. The summed E-state index contributed by atoms with van der Waals surface area (Å²) in [7, 11) is 0. The first-order valence-electron chi connectivity index (χ1n) is 9.56. The Morgan fingerprint density at radius 2 is 1.89 bits per heavy atom. The highest BCUT2D eigenvalue weighted by molar-refractivity contribution is 6.09. The maximum absolute atomic E-state index is 12.4. The number of hydrogen-bond acceptors (Lipinski definition) is 5. The smallest absolute Gasteiger partial charge is 0.261 e. The normalized spacial score (nSPS) is 14.6. The Hall–Kier alpha value is -3.35. The Labute approximate surface area is 162 Å². The summed E-state index contributed by atoms with van der Waals surface area (Å²) < 4.78 is 4.87. The highest BCUT2D eigenvalue weighted by atomic mass is 16.5. The second-order valence-electron chi connectivity index (χ2n) is 7.04. The second-order valence-corrected chi connectivity index (χ2v) is 7.04. The Bertz CT molecular complexity index is 986. The number of benzene rings is 1. The first-order valence-corrected chi connectivity index (χ1v) is 9.56. The zero-order valence-corrected chi connectivity index (χ0v) is 15.5. The molecule has 1 aliphatic carbocycles. The van der Waals surface area contributed by atoms with Crippen LogP contribution in [0.3, 0.4) is 0 Å². The minimum Gasteiger partial charge on any atom is -0.382 e. The van der Waals surface area contributed by atoms with Gasteiger partial charge in [0.15, 0.2) is 0 Å². The third-order valence-corrected chi connectivity index (χ3v) is 5.06. The van der Waals surface area contributed by atoms with Crippen molar-refractivity contribution in [1.82, 2.24) is 10.1 Å². The van der Waals surface area contributed by atoms with E-state index < -0.39 is 0 Å². The topological polar surface area (TPSA) is 107 Å². The van der Waals surface area contributed by atoms with Gasteiger partial charge in [-0.2, -0.15) is 0 Å². The van der Waals surface area contributed by atoms with Gasteiger partial charge in [0, 0.05) is 29.6 Å². The van der Waals surface area contributed by atoms with Gasteiger partial charge in [-0.25, -0.2) is 0 Å². The molecule has 0 radical (unpaired) electrons. The molecular formula is C21H23N5O2. The van der Waals surface area contributed by atoms with E-state index in [2.05, 4.69) is 20.8 Å². The van der Waals surface area contributed by atoms with Crippen LogP contribution in [0, 0.1) is 5.41 Å². The van der Waals surface area contributed by atoms with Crippen LogP contribution >= 0.6 is 0 Å². The standard InChI is InChI=1S/C21H23N5O2/c22-20(25-16-8-6-14(7-9-16)17-11-13-28-26-17)19-18(10-12-23-21(19)27)24-15-4-2-1-3-5-15/h6-13,15H,1-5H2,(H2,22,25)(H2,23,24,27). The first kappa shape index (κ1) is 18.0. The third kappa shape index (κ3) is 3.98. The zero-order valence-electron chi connectivity index (χ0n) is 15.5. The lowest BCUT2D eigenvalue weighted by Crippen LogP contribution is -2.29. The molecular weight excluding hydrogens is 354 g/mol. The number of aromatic amines is 1. The van der Waals surface area contributed by atoms with Crippen LogP contribution in [0.5, 0.6) is 0 Å². The van der Waals surface area contributed by atoms with Crippen molar-refractivity contribution in [3.8, 4) is 11.3 Å². The van der Waals surface area contributed by atoms with Gasteiger partial charge in [-0.05, 0) is 31.0 Å². The monoisotopic (exact) mass is 377 g/mol. The highest BCUT2D eigenvalue weighted by Gasteiger charge is 2.18. The lowest BCUT2D eigenvalue weighted by atomic mass is 9.95. The molecule has 7 nitrogen and oxygen atoms in total. The van der Waals surface area contributed by atoms with E-state index in [0.29, 0.717) is 17.3 Å². The van der Waals surface area contributed by atoms with Crippen LogP contribution in [0.15, 0.2) is 58.2 Å².